The Kier molecular flexibility index (Phi) is 5.01. The van der Waals surface area contributed by atoms with E-state index in [4.69, 9.17) is 17.0 Å². The van der Waals surface area contributed by atoms with Crippen molar-refractivity contribution in [3.05, 3.63) is 30.1 Å². The average Bonchev–Trinajstić information content (AvgIpc) is 2.95. The molecular formula is C12H12N4O3S2. The number of carbonyl (C=O) groups excluding carboxylic acids is 1. The van der Waals surface area contributed by atoms with Gasteiger partial charge in [0.25, 0.3) is 5.82 Å². The fraction of sp³-hybridized carbons (Fsp3) is 0.167. The van der Waals surface area contributed by atoms with Gasteiger partial charge in [-0.25, -0.2) is 4.79 Å². The molecule has 0 aliphatic carbocycles. The average molecular weight is 324 g/mol. The molecule has 0 spiro atoms. The first-order valence-electron chi connectivity index (χ1n) is 5.77. The van der Waals surface area contributed by atoms with Crippen LogP contribution in [0.2, 0.25) is 0 Å². The summed E-state index contributed by atoms with van der Waals surface area (Å²) in [7, 11) is 2.84. The first kappa shape index (κ1) is 15.1. The lowest BCUT2D eigenvalue weighted by Gasteiger charge is -2.11. The van der Waals surface area contributed by atoms with E-state index in [-0.39, 0.29) is 5.82 Å². The van der Waals surface area contributed by atoms with Gasteiger partial charge in [-0.15, -0.1) is 0 Å². The van der Waals surface area contributed by atoms with Crippen LogP contribution in [0, 0.1) is 0 Å². The van der Waals surface area contributed by atoms with Crippen LogP contribution in [0.3, 0.4) is 0 Å². The number of carbonyl (C=O) groups is 1. The van der Waals surface area contributed by atoms with Gasteiger partial charge in [-0.05, 0) is 24.4 Å². The van der Waals surface area contributed by atoms with Gasteiger partial charge in [-0.1, -0.05) is 12.1 Å². The van der Waals surface area contributed by atoms with Crippen LogP contribution in [0.1, 0.15) is 10.6 Å². The summed E-state index contributed by atoms with van der Waals surface area (Å²) < 4.78 is 13.6. The van der Waals surface area contributed by atoms with Gasteiger partial charge < -0.3 is 20.1 Å². The van der Waals surface area contributed by atoms with E-state index < -0.39 is 5.97 Å². The molecule has 0 fully saturated rings. The maximum absolute atomic E-state index is 11.3. The van der Waals surface area contributed by atoms with Crippen molar-refractivity contribution in [2.75, 3.05) is 24.9 Å². The molecule has 0 amide bonds. The number of esters is 1. The smallest absolute Gasteiger partial charge is 0.377 e. The first-order valence-corrected chi connectivity index (χ1v) is 6.95. The summed E-state index contributed by atoms with van der Waals surface area (Å²) in [6.07, 6.45) is 0. The molecule has 0 bridgehead atoms. The molecule has 21 heavy (non-hydrogen) atoms. The van der Waals surface area contributed by atoms with Crippen molar-refractivity contribution >= 4 is 45.7 Å². The highest BCUT2D eigenvalue weighted by Gasteiger charge is 2.13. The Morgan fingerprint density at radius 1 is 1.29 bits per heavy atom. The molecule has 0 aliphatic rings. The fourth-order valence-electron chi connectivity index (χ4n) is 1.45. The van der Waals surface area contributed by atoms with Crippen molar-refractivity contribution in [1.29, 1.82) is 0 Å². The van der Waals surface area contributed by atoms with Crippen LogP contribution >= 0.6 is 23.8 Å². The van der Waals surface area contributed by atoms with Crippen LogP contribution in [0.5, 0.6) is 5.75 Å². The predicted molar refractivity (Wildman–Crippen MR) is 84.1 cm³/mol. The summed E-state index contributed by atoms with van der Waals surface area (Å²) in [6, 6.07) is 7.35. The molecule has 110 valence electrons. The molecule has 2 rings (SSSR count). The Bertz CT molecular complexity index is 659. The molecule has 0 saturated heterocycles. The molecule has 1 aromatic heterocycles. The number of rotatable bonds is 4. The molecule has 2 N–H and O–H groups in total. The summed E-state index contributed by atoms with van der Waals surface area (Å²) >= 11 is 6.18. The van der Waals surface area contributed by atoms with Crippen LogP contribution in [0.15, 0.2) is 24.3 Å². The molecule has 1 aromatic carbocycles. The number of methoxy groups -OCH3 is 2. The van der Waals surface area contributed by atoms with Crippen molar-refractivity contribution in [2.45, 2.75) is 0 Å². The molecule has 0 unspecified atom stereocenters. The van der Waals surface area contributed by atoms with E-state index >= 15 is 0 Å². The zero-order valence-corrected chi connectivity index (χ0v) is 12.9. The summed E-state index contributed by atoms with van der Waals surface area (Å²) in [4.78, 5) is 15.2. The molecule has 7 nitrogen and oxygen atoms in total. The minimum absolute atomic E-state index is 0.00917. The van der Waals surface area contributed by atoms with E-state index in [2.05, 4.69) is 24.7 Å². The van der Waals surface area contributed by atoms with Crippen molar-refractivity contribution in [3.63, 3.8) is 0 Å². The second-order valence-corrected chi connectivity index (χ2v) is 4.85. The second kappa shape index (κ2) is 6.95. The van der Waals surface area contributed by atoms with Crippen molar-refractivity contribution in [2.24, 2.45) is 0 Å². The number of hydrogen-bond acceptors (Lipinski definition) is 7. The van der Waals surface area contributed by atoms with Gasteiger partial charge >= 0.3 is 5.97 Å². The Labute approximate surface area is 130 Å². The van der Waals surface area contributed by atoms with Gasteiger partial charge in [-0.2, -0.15) is 9.36 Å². The topological polar surface area (TPSA) is 85.4 Å². The molecular weight excluding hydrogens is 312 g/mol. The Morgan fingerprint density at radius 3 is 2.76 bits per heavy atom. The Balaban J connectivity index is 2.01. The highest BCUT2D eigenvalue weighted by Crippen LogP contribution is 2.23. The van der Waals surface area contributed by atoms with Crippen LogP contribution in [-0.4, -0.2) is 34.7 Å². The number of para-hydroxylation sites is 2. The van der Waals surface area contributed by atoms with E-state index in [0.717, 1.165) is 17.2 Å². The molecule has 0 saturated carbocycles. The Hall–Kier alpha value is -2.26. The highest BCUT2D eigenvalue weighted by molar-refractivity contribution is 7.80. The summed E-state index contributed by atoms with van der Waals surface area (Å²) in [5, 5.41) is 6.53. The number of benzene rings is 1. The van der Waals surface area contributed by atoms with E-state index in [9.17, 15) is 4.79 Å². The molecule has 2 aromatic rings. The number of nitrogens with zero attached hydrogens (tertiary/aromatic N) is 2. The van der Waals surface area contributed by atoms with Crippen LogP contribution in [-0.2, 0) is 4.74 Å². The van der Waals surface area contributed by atoms with E-state index in [1.54, 1.807) is 7.11 Å². The number of aromatic nitrogens is 2. The third-order valence-electron chi connectivity index (χ3n) is 2.37. The third kappa shape index (κ3) is 3.86. The van der Waals surface area contributed by atoms with Crippen LogP contribution in [0.4, 0.5) is 10.8 Å². The maximum atomic E-state index is 11.3. The molecule has 1 heterocycles. The number of nitrogens with one attached hydrogen (secondary N) is 2. The summed E-state index contributed by atoms with van der Waals surface area (Å²) in [5.74, 6) is 0.0576. The number of hydrogen-bond donors (Lipinski definition) is 2. The Morgan fingerprint density at radius 2 is 2.05 bits per heavy atom. The van der Waals surface area contributed by atoms with E-state index in [1.165, 1.54) is 7.11 Å². The van der Waals surface area contributed by atoms with Gasteiger partial charge in [0.1, 0.15) is 5.75 Å². The van der Waals surface area contributed by atoms with E-state index in [1.807, 2.05) is 24.3 Å². The lowest BCUT2D eigenvalue weighted by atomic mass is 10.3. The molecule has 0 radical (unpaired) electrons. The third-order valence-corrected chi connectivity index (χ3v) is 3.20. The lowest BCUT2D eigenvalue weighted by molar-refractivity contribution is 0.0588. The zero-order chi connectivity index (χ0) is 15.2. The monoisotopic (exact) mass is 324 g/mol. The molecule has 0 atom stereocenters. The summed E-state index contributed by atoms with van der Waals surface area (Å²) in [6.45, 7) is 0. The normalized spacial score (nSPS) is 9.81. The van der Waals surface area contributed by atoms with Crippen molar-refractivity contribution in [3.8, 4) is 5.75 Å². The molecule has 9 heteroatoms. The van der Waals surface area contributed by atoms with Gasteiger partial charge in [0.2, 0.25) is 5.13 Å². The van der Waals surface area contributed by atoms with Gasteiger partial charge in [0.15, 0.2) is 5.11 Å². The second-order valence-electron chi connectivity index (χ2n) is 3.69. The van der Waals surface area contributed by atoms with Crippen molar-refractivity contribution in [1.82, 2.24) is 9.36 Å². The quantitative estimate of drug-likeness (QED) is 0.653. The predicted octanol–water partition coefficient (Wildman–Crippen LogP) is 2.14. The largest absolute Gasteiger partial charge is 0.495 e. The number of thiocarbonyl (C=S) groups is 1. The fourth-order valence-corrected chi connectivity index (χ4v) is 2.28. The molecule has 0 aliphatic heterocycles. The standard InChI is InChI=1S/C12H12N4O3S2/c1-18-8-6-4-3-5-7(8)13-11(20)15-12-14-9(16-21-12)10(17)19-2/h3-6H,1-2H3,(H2,13,14,15,16,20). The van der Waals surface area contributed by atoms with Crippen LogP contribution < -0.4 is 15.4 Å². The minimum Gasteiger partial charge on any atom is -0.495 e. The van der Waals surface area contributed by atoms with Gasteiger partial charge in [0.05, 0.1) is 19.9 Å². The zero-order valence-electron chi connectivity index (χ0n) is 11.2. The number of ether oxygens (including phenoxy) is 2. The maximum Gasteiger partial charge on any atom is 0.377 e. The van der Waals surface area contributed by atoms with Crippen LogP contribution in [0.25, 0.3) is 0 Å². The van der Waals surface area contributed by atoms with E-state index in [0.29, 0.717) is 16.0 Å². The van der Waals surface area contributed by atoms with Gasteiger partial charge in [0, 0.05) is 11.5 Å². The number of anilines is 2. The highest BCUT2D eigenvalue weighted by atomic mass is 32.1. The first-order chi connectivity index (χ1) is 10.1. The summed E-state index contributed by atoms with van der Waals surface area (Å²) in [5.41, 5.74) is 0.718. The lowest BCUT2D eigenvalue weighted by Crippen LogP contribution is -2.19. The SMILES string of the molecule is COC(=O)c1nsc(NC(=S)Nc2ccccc2OC)n1. The van der Waals surface area contributed by atoms with Gasteiger partial charge in [-0.3, -0.25) is 0 Å². The van der Waals surface area contributed by atoms with Crippen molar-refractivity contribution < 1.29 is 14.3 Å². The minimum atomic E-state index is -0.595.